The van der Waals surface area contributed by atoms with Crippen LogP contribution in [0, 0.1) is 5.41 Å². The van der Waals surface area contributed by atoms with Gasteiger partial charge in [-0.15, -0.1) is 0 Å². The van der Waals surface area contributed by atoms with Gasteiger partial charge in [0, 0.05) is 0 Å². The number of hydrogen-bond donors (Lipinski definition) is 0. The Kier molecular flexibility index (Phi) is 3.74. The van der Waals surface area contributed by atoms with Crippen molar-refractivity contribution in [1.29, 1.82) is 0 Å². The molecule has 2 rings (SSSR count). The third-order valence-corrected chi connectivity index (χ3v) is 2.01. The van der Waals surface area contributed by atoms with Gasteiger partial charge in [-0.25, -0.2) is 0 Å². The first-order valence-corrected chi connectivity index (χ1v) is 5.53. The average Bonchev–Trinajstić information content (AvgIpc) is 2.47. The van der Waals surface area contributed by atoms with Gasteiger partial charge in [0.15, 0.2) is 0 Å². The second kappa shape index (κ2) is 4.63. The Hall–Kier alpha value is -0.780. The van der Waals surface area contributed by atoms with Crippen LogP contribution in [0.1, 0.15) is 45.2 Å². The molecule has 0 heterocycles. The third-order valence-electron chi connectivity index (χ3n) is 2.01. The summed E-state index contributed by atoms with van der Waals surface area (Å²) >= 11 is 0. The minimum Gasteiger partial charge on any atom is -0.0620 e. The van der Waals surface area contributed by atoms with Gasteiger partial charge < -0.3 is 0 Å². The summed E-state index contributed by atoms with van der Waals surface area (Å²) in [4.78, 5) is 0. The van der Waals surface area contributed by atoms with Gasteiger partial charge in [-0.3, -0.25) is 0 Å². The highest BCUT2D eigenvalue weighted by Gasteiger charge is 2.07. The van der Waals surface area contributed by atoms with E-state index in [9.17, 15) is 0 Å². The Balaban J connectivity index is 0.000000171. The maximum Gasteiger partial charge on any atom is -0.0273 e. The first-order valence-electron chi connectivity index (χ1n) is 5.53. The van der Waals surface area contributed by atoms with Crippen LogP contribution in [0.25, 0.3) is 0 Å². The zero-order chi connectivity index (χ0) is 10.6. The molecule has 1 aliphatic carbocycles. The molecule has 78 valence electrons. The van der Waals surface area contributed by atoms with Crippen LogP contribution >= 0.6 is 0 Å². The van der Waals surface area contributed by atoms with Crippen molar-refractivity contribution in [2.75, 3.05) is 0 Å². The van der Waals surface area contributed by atoms with Crippen LogP contribution in [0.2, 0.25) is 0 Å². The monoisotopic (exact) mass is 190 g/mol. The minimum atomic E-state index is 0.500. The van der Waals surface area contributed by atoms with Crippen LogP contribution in [0.15, 0.2) is 24.3 Å². The minimum absolute atomic E-state index is 0.500. The van der Waals surface area contributed by atoms with Crippen molar-refractivity contribution in [3.8, 4) is 0 Å². The molecule has 0 bridgehead atoms. The Bertz CT molecular complexity index is 249. The van der Waals surface area contributed by atoms with Crippen LogP contribution in [0.4, 0.5) is 0 Å². The SMILES string of the molecule is CC(C)(C)C.c1ccc2c(c1)CCC2. The van der Waals surface area contributed by atoms with Crippen LogP contribution in [0.3, 0.4) is 0 Å². The quantitative estimate of drug-likeness (QED) is 0.574. The van der Waals surface area contributed by atoms with Crippen molar-refractivity contribution in [3.63, 3.8) is 0 Å². The average molecular weight is 190 g/mol. The molecular formula is C14H22. The van der Waals surface area contributed by atoms with E-state index >= 15 is 0 Å². The zero-order valence-corrected chi connectivity index (χ0v) is 9.93. The smallest absolute Gasteiger partial charge is 0.0273 e. The molecule has 0 aromatic heterocycles. The number of fused-ring (bicyclic) bond motifs is 1. The Labute approximate surface area is 88.4 Å². The molecule has 0 N–H and O–H groups in total. The maximum atomic E-state index is 2.24. The van der Waals surface area contributed by atoms with Gasteiger partial charge in [0.05, 0.1) is 0 Å². The van der Waals surface area contributed by atoms with Gasteiger partial charge in [0.1, 0.15) is 0 Å². The van der Waals surface area contributed by atoms with E-state index in [1.165, 1.54) is 19.3 Å². The van der Waals surface area contributed by atoms with E-state index in [-0.39, 0.29) is 0 Å². The molecule has 0 heteroatoms. The molecule has 0 nitrogen and oxygen atoms in total. The fourth-order valence-electron chi connectivity index (χ4n) is 1.51. The van der Waals surface area contributed by atoms with Crippen molar-refractivity contribution in [2.24, 2.45) is 5.41 Å². The summed E-state index contributed by atoms with van der Waals surface area (Å²) in [6, 6.07) is 8.74. The Morgan fingerprint density at radius 2 is 1.21 bits per heavy atom. The van der Waals surface area contributed by atoms with Crippen LogP contribution < -0.4 is 0 Å². The summed E-state index contributed by atoms with van der Waals surface area (Å²) in [7, 11) is 0. The number of benzene rings is 1. The third kappa shape index (κ3) is 4.45. The number of aryl methyl sites for hydroxylation is 2. The molecule has 0 unspecified atom stereocenters. The standard InChI is InChI=1S/C9H10.C5H12/c1-2-5-9-7-3-6-8(9)4-1;1-5(2,3)4/h1-2,4-5H,3,6-7H2;1-4H3. The maximum absolute atomic E-state index is 2.24. The van der Waals surface area contributed by atoms with E-state index in [4.69, 9.17) is 0 Å². The molecule has 1 aliphatic rings. The first kappa shape index (κ1) is 11.3. The summed E-state index contributed by atoms with van der Waals surface area (Å²) in [5.74, 6) is 0. The molecule has 14 heavy (non-hydrogen) atoms. The highest BCUT2D eigenvalue weighted by Crippen LogP contribution is 2.20. The van der Waals surface area contributed by atoms with Crippen molar-refractivity contribution in [3.05, 3.63) is 35.4 Å². The van der Waals surface area contributed by atoms with E-state index in [1.54, 1.807) is 11.1 Å². The lowest BCUT2D eigenvalue weighted by Gasteiger charge is -2.05. The second-order valence-electron chi connectivity index (χ2n) is 5.62. The molecular weight excluding hydrogens is 168 g/mol. The van der Waals surface area contributed by atoms with Gasteiger partial charge in [-0.2, -0.15) is 0 Å². The van der Waals surface area contributed by atoms with Gasteiger partial charge in [0.25, 0.3) is 0 Å². The summed E-state index contributed by atoms with van der Waals surface area (Å²) in [6.07, 6.45) is 3.96. The molecule has 0 amide bonds. The van der Waals surface area contributed by atoms with Crippen LogP contribution in [-0.2, 0) is 12.8 Å². The van der Waals surface area contributed by atoms with E-state index in [2.05, 4.69) is 52.0 Å². The first-order chi connectivity index (χ1) is 6.47. The molecule has 0 atom stereocenters. The van der Waals surface area contributed by atoms with E-state index in [0.717, 1.165) is 0 Å². The van der Waals surface area contributed by atoms with E-state index in [1.807, 2.05) is 0 Å². The summed E-state index contributed by atoms with van der Waals surface area (Å²) in [5.41, 5.74) is 3.63. The molecule has 0 saturated heterocycles. The van der Waals surface area contributed by atoms with Gasteiger partial charge in [-0.05, 0) is 35.8 Å². The second-order valence-corrected chi connectivity index (χ2v) is 5.62. The summed E-state index contributed by atoms with van der Waals surface area (Å²) in [6.45, 7) is 8.75. The summed E-state index contributed by atoms with van der Waals surface area (Å²) < 4.78 is 0. The van der Waals surface area contributed by atoms with E-state index in [0.29, 0.717) is 5.41 Å². The van der Waals surface area contributed by atoms with Crippen molar-refractivity contribution >= 4 is 0 Å². The van der Waals surface area contributed by atoms with Crippen molar-refractivity contribution in [2.45, 2.75) is 47.0 Å². The van der Waals surface area contributed by atoms with Gasteiger partial charge in [0.2, 0.25) is 0 Å². The molecule has 0 fully saturated rings. The lowest BCUT2D eigenvalue weighted by Crippen LogP contribution is -1.93. The summed E-state index contributed by atoms with van der Waals surface area (Å²) in [5, 5.41) is 0. The molecule has 1 aromatic carbocycles. The van der Waals surface area contributed by atoms with Gasteiger partial charge >= 0.3 is 0 Å². The Morgan fingerprint density at radius 1 is 0.857 bits per heavy atom. The predicted octanol–water partition coefficient (Wildman–Crippen LogP) is 4.23. The lowest BCUT2D eigenvalue weighted by molar-refractivity contribution is 0.469. The van der Waals surface area contributed by atoms with Crippen LogP contribution in [-0.4, -0.2) is 0 Å². The van der Waals surface area contributed by atoms with Crippen LogP contribution in [0.5, 0.6) is 0 Å². The molecule has 0 saturated carbocycles. The van der Waals surface area contributed by atoms with E-state index < -0.39 is 0 Å². The zero-order valence-electron chi connectivity index (χ0n) is 9.93. The van der Waals surface area contributed by atoms with Crippen molar-refractivity contribution in [1.82, 2.24) is 0 Å². The highest BCUT2D eigenvalue weighted by atomic mass is 14.1. The molecule has 0 aliphatic heterocycles. The molecule has 1 aromatic rings. The predicted molar refractivity (Wildman–Crippen MR) is 63.6 cm³/mol. The number of rotatable bonds is 0. The highest BCUT2D eigenvalue weighted by molar-refractivity contribution is 5.30. The topological polar surface area (TPSA) is 0 Å². The largest absolute Gasteiger partial charge is 0.0620 e. The number of hydrogen-bond acceptors (Lipinski definition) is 0. The fourth-order valence-corrected chi connectivity index (χ4v) is 1.51. The normalized spacial score (nSPS) is 14.3. The van der Waals surface area contributed by atoms with Crippen molar-refractivity contribution < 1.29 is 0 Å². The molecule has 0 radical (unpaired) electrons. The Morgan fingerprint density at radius 3 is 1.57 bits per heavy atom. The van der Waals surface area contributed by atoms with Gasteiger partial charge in [-0.1, -0.05) is 52.0 Å². The lowest BCUT2D eigenvalue weighted by atomic mass is 10.0. The fraction of sp³-hybridized carbons (Fsp3) is 0.571. The molecule has 0 spiro atoms.